The lowest BCUT2D eigenvalue weighted by molar-refractivity contribution is -0.272. The molecule has 0 aromatic rings. The number of carboxylic acid groups (broad SMARTS) is 2. The van der Waals surface area contributed by atoms with Crippen molar-refractivity contribution in [2.75, 3.05) is 6.61 Å². The number of unbranched alkanes of at least 4 members (excludes halogenated alkanes) is 2. The topological polar surface area (TPSA) is 110 Å². The van der Waals surface area contributed by atoms with Gasteiger partial charge < -0.3 is 10.2 Å². The average Bonchev–Trinajstić information content (AvgIpc) is 2.24. The maximum Gasteiger partial charge on any atom is 0.342 e. The van der Waals surface area contributed by atoms with Crippen LogP contribution in [0.15, 0.2) is 0 Å². The summed E-state index contributed by atoms with van der Waals surface area (Å²) in [6.07, 6.45) is 1.39. The normalized spacial score (nSPS) is 9.88. The molecule has 0 unspecified atom stereocenters. The maximum absolute atomic E-state index is 10.8. The van der Waals surface area contributed by atoms with Gasteiger partial charge in [0, 0.05) is 6.42 Å². The molecule has 0 saturated carbocycles. The summed E-state index contributed by atoms with van der Waals surface area (Å²) in [6, 6.07) is 0. The molecule has 0 aromatic heterocycles. The standard InChI is InChI=1S/C10H16O7/c11-8(12)4-2-1-3-7-16-17-10(15)6-5-9(13)14/h1-7H2,(H,11,12)(H,13,14). The molecule has 2 N–H and O–H groups in total. The van der Waals surface area contributed by atoms with Crippen molar-refractivity contribution in [2.45, 2.75) is 38.5 Å². The minimum absolute atomic E-state index is 0.110. The maximum atomic E-state index is 10.8. The van der Waals surface area contributed by atoms with Gasteiger partial charge in [-0.25, -0.2) is 4.79 Å². The fourth-order valence-electron chi connectivity index (χ4n) is 0.972. The fraction of sp³-hybridized carbons (Fsp3) is 0.700. The van der Waals surface area contributed by atoms with E-state index >= 15 is 0 Å². The van der Waals surface area contributed by atoms with Gasteiger partial charge in [-0.2, -0.15) is 4.89 Å². The molecule has 0 aromatic carbocycles. The molecular formula is C10H16O7. The number of hydrogen-bond donors (Lipinski definition) is 2. The largest absolute Gasteiger partial charge is 0.481 e. The number of carboxylic acids is 2. The van der Waals surface area contributed by atoms with Crippen molar-refractivity contribution < 1.29 is 34.4 Å². The van der Waals surface area contributed by atoms with E-state index < -0.39 is 17.9 Å². The van der Waals surface area contributed by atoms with E-state index in [0.29, 0.717) is 19.3 Å². The zero-order valence-corrected chi connectivity index (χ0v) is 9.39. The number of carbonyl (C=O) groups is 3. The van der Waals surface area contributed by atoms with Gasteiger partial charge in [-0.3, -0.25) is 14.5 Å². The van der Waals surface area contributed by atoms with Crippen LogP contribution >= 0.6 is 0 Å². The van der Waals surface area contributed by atoms with Crippen LogP contribution in [-0.4, -0.2) is 34.7 Å². The summed E-state index contributed by atoms with van der Waals surface area (Å²) in [4.78, 5) is 40.0. The molecular weight excluding hydrogens is 232 g/mol. The van der Waals surface area contributed by atoms with Crippen molar-refractivity contribution in [2.24, 2.45) is 0 Å². The third kappa shape index (κ3) is 12.3. The Balaban J connectivity index is 3.24. The number of carbonyl (C=O) groups excluding carboxylic acids is 1. The molecule has 0 atom stereocenters. The van der Waals surface area contributed by atoms with E-state index in [0.717, 1.165) is 0 Å². The molecule has 0 saturated heterocycles. The van der Waals surface area contributed by atoms with E-state index in [1.54, 1.807) is 0 Å². The van der Waals surface area contributed by atoms with Crippen LogP contribution in [0.3, 0.4) is 0 Å². The molecule has 0 heterocycles. The summed E-state index contributed by atoms with van der Waals surface area (Å²) in [5.41, 5.74) is 0. The van der Waals surface area contributed by atoms with Gasteiger partial charge in [0.1, 0.15) is 0 Å². The molecule has 98 valence electrons. The molecule has 0 aliphatic heterocycles. The van der Waals surface area contributed by atoms with Crippen molar-refractivity contribution in [1.29, 1.82) is 0 Å². The highest BCUT2D eigenvalue weighted by Crippen LogP contribution is 2.01. The molecule has 0 fully saturated rings. The smallest absolute Gasteiger partial charge is 0.342 e. The van der Waals surface area contributed by atoms with Gasteiger partial charge in [-0.05, 0) is 12.8 Å². The highest BCUT2D eigenvalue weighted by molar-refractivity contribution is 5.76. The van der Waals surface area contributed by atoms with E-state index in [4.69, 9.17) is 10.2 Å². The van der Waals surface area contributed by atoms with Crippen LogP contribution in [0.25, 0.3) is 0 Å². The molecule has 0 aliphatic carbocycles. The van der Waals surface area contributed by atoms with Crippen molar-refractivity contribution in [3.8, 4) is 0 Å². The highest BCUT2D eigenvalue weighted by Gasteiger charge is 2.07. The second-order valence-corrected chi connectivity index (χ2v) is 3.38. The second-order valence-electron chi connectivity index (χ2n) is 3.38. The SMILES string of the molecule is O=C(O)CCCCCOOC(=O)CCC(=O)O. The highest BCUT2D eigenvalue weighted by atomic mass is 17.2. The van der Waals surface area contributed by atoms with Crippen molar-refractivity contribution >= 4 is 17.9 Å². The monoisotopic (exact) mass is 248 g/mol. The average molecular weight is 248 g/mol. The molecule has 0 rings (SSSR count). The van der Waals surface area contributed by atoms with Gasteiger partial charge in [0.25, 0.3) is 0 Å². The van der Waals surface area contributed by atoms with Crippen LogP contribution in [-0.2, 0) is 24.2 Å². The first kappa shape index (κ1) is 15.4. The molecule has 7 nitrogen and oxygen atoms in total. The molecule has 0 radical (unpaired) electrons. The number of aliphatic carboxylic acids is 2. The van der Waals surface area contributed by atoms with Crippen LogP contribution in [0.4, 0.5) is 0 Å². The lowest BCUT2D eigenvalue weighted by Crippen LogP contribution is -2.08. The Kier molecular flexibility index (Phi) is 8.67. The van der Waals surface area contributed by atoms with Crippen LogP contribution in [0, 0.1) is 0 Å². The summed E-state index contributed by atoms with van der Waals surface area (Å²) in [6.45, 7) is 0.179. The van der Waals surface area contributed by atoms with Crippen LogP contribution in [0.2, 0.25) is 0 Å². The van der Waals surface area contributed by atoms with E-state index in [-0.39, 0.29) is 25.9 Å². The summed E-state index contributed by atoms with van der Waals surface area (Å²) in [5.74, 6) is -2.64. The quantitative estimate of drug-likeness (QED) is 0.336. The van der Waals surface area contributed by atoms with Crippen molar-refractivity contribution in [3.05, 3.63) is 0 Å². The Morgan fingerprint density at radius 2 is 1.47 bits per heavy atom. The summed E-state index contributed by atoms with van der Waals surface area (Å²) in [7, 11) is 0. The zero-order chi connectivity index (χ0) is 13.1. The van der Waals surface area contributed by atoms with E-state index in [1.165, 1.54) is 0 Å². The molecule has 0 bridgehead atoms. The Hall–Kier alpha value is -1.63. The summed E-state index contributed by atoms with van der Waals surface area (Å²) < 4.78 is 0. The predicted octanol–water partition coefficient (Wildman–Crippen LogP) is 0.971. The Labute approximate surface area is 98.3 Å². The van der Waals surface area contributed by atoms with Gasteiger partial charge in [-0.1, -0.05) is 6.42 Å². The Bertz CT molecular complexity index is 261. The lowest BCUT2D eigenvalue weighted by Gasteiger charge is -2.02. The third-order valence-electron chi connectivity index (χ3n) is 1.81. The minimum Gasteiger partial charge on any atom is -0.481 e. The van der Waals surface area contributed by atoms with Gasteiger partial charge in [-0.15, -0.1) is 0 Å². The number of rotatable bonds is 10. The Morgan fingerprint density at radius 3 is 2.06 bits per heavy atom. The van der Waals surface area contributed by atoms with Crippen LogP contribution in [0.5, 0.6) is 0 Å². The minimum atomic E-state index is -1.07. The van der Waals surface area contributed by atoms with E-state index in [2.05, 4.69) is 9.78 Å². The van der Waals surface area contributed by atoms with Crippen molar-refractivity contribution in [1.82, 2.24) is 0 Å². The summed E-state index contributed by atoms with van der Waals surface area (Å²) in [5, 5.41) is 16.6. The van der Waals surface area contributed by atoms with Gasteiger partial charge in [0.05, 0.1) is 19.4 Å². The second kappa shape index (κ2) is 9.59. The first-order chi connectivity index (χ1) is 8.02. The first-order valence-corrected chi connectivity index (χ1v) is 5.28. The molecule has 17 heavy (non-hydrogen) atoms. The fourth-order valence-corrected chi connectivity index (χ4v) is 0.972. The van der Waals surface area contributed by atoms with Gasteiger partial charge >= 0.3 is 17.9 Å². The Morgan fingerprint density at radius 1 is 0.824 bits per heavy atom. The lowest BCUT2D eigenvalue weighted by atomic mass is 10.2. The van der Waals surface area contributed by atoms with Gasteiger partial charge in [0.2, 0.25) is 0 Å². The number of hydrogen-bond acceptors (Lipinski definition) is 5. The molecule has 7 heteroatoms. The van der Waals surface area contributed by atoms with Gasteiger partial charge in [0.15, 0.2) is 0 Å². The zero-order valence-electron chi connectivity index (χ0n) is 9.39. The predicted molar refractivity (Wildman–Crippen MR) is 55.0 cm³/mol. The molecule has 0 spiro atoms. The molecule has 0 amide bonds. The molecule has 0 aliphatic rings. The first-order valence-electron chi connectivity index (χ1n) is 5.28. The third-order valence-corrected chi connectivity index (χ3v) is 1.81. The summed E-state index contributed by atoms with van der Waals surface area (Å²) >= 11 is 0. The van der Waals surface area contributed by atoms with Crippen LogP contribution < -0.4 is 0 Å². The van der Waals surface area contributed by atoms with Crippen molar-refractivity contribution in [3.63, 3.8) is 0 Å². The van der Waals surface area contributed by atoms with E-state index in [1.807, 2.05) is 0 Å². The van der Waals surface area contributed by atoms with E-state index in [9.17, 15) is 14.4 Å². The van der Waals surface area contributed by atoms with Crippen LogP contribution in [0.1, 0.15) is 38.5 Å².